The van der Waals surface area contributed by atoms with E-state index in [1.165, 1.54) is 0 Å². The highest BCUT2D eigenvalue weighted by Crippen LogP contribution is 2.19. The highest BCUT2D eigenvalue weighted by Gasteiger charge is 2.02. The quantitative estimate of drug-likeness (QED) is 0.768. The molecule has 0 saturated carbocycles. The van der Waals surface area contributed by atoms with Crippen LogP contribution in [0.15, 0.2) is 48.5 Å². The van der Waals surface area contributed by atoms with Gasteiger partial charge >= 0.3 is 0 Å². The Hall–Kier alpha value is -2.40. The average molecular weight is 264 g/mol. The molecule has 2 nitrogen and oxygen atoms in total. The first-order valence-electron chi connectivity index (χ1n) is 6.64. The summed E-state index contributed by atoms with van der Waals surface area (Å²) in [6.45, 7) is 0. The van der Waals surface area contributed by atoms with Gasteiger partial charge in [0.2, 0.25) is 0 Å². The largest absolute Gasteiger partial charge is 0.377 e. The SMILES string of the molecule is CN(C)c1ccccc1C#Cc1ccccc1N(C)C. The van der Waals surface area contributed by atoms with Gasteiger partial charge in [0.25, 0.3) is 0 Å². The molecule has 2 heteroatoms. The van der Waals surface area contributed by atoms with Gasteiger partial charge in [0.1, 0.15) is 0 Å². The highest BCUT2D eigenvalue weighted by molar-refractivity contribution is 5.65. The fourth-order valence-electron chi connectivity index (χ4n) is 2.07. The molecule has 0 bridgehead atoms. The second kappa shape index (κ2) is 6.16. The van der Waals surface area contributed by atoms with Crippen molar-refractivity contribution in [3.8, 4) is 11.8 Å². The van der Waals surface area contributed by atoms with E-state index in [-0.39, 0.29) is 0 Å². The summed E-state index contributed by atoms with van der Waals surface area (Å²) in [5.74, 6) is 6.58. The predicted molar refractivity (Wildman–Crippen MR) is 87.5 cm³/mol. The topological polar surface area (TPSA) is 6.48 Å². The van der Waals surface area contributed by atoms with Crippen molar-refractivity contribution in [1.82, 2.24) is 0 Å². The van der Waals surface area contributed by atoms with Crippen molar-refractivity contribution in [2.45, 2.75) is 0 Å². The molecule has 2 aromatic rings. The van der Waals surface area contributed by atoms with Gasteiger partial charge in [-0.1, -0.05) is 36.1 Å². The van der Waals surface area contributed by atoms with Crippen molar-refractivity contribution in [3.63, 3.8) is 0 Å². The van der Waals surface area contributed by atoms with Crippen molar-refractivity contribution < 1.29 is 0 Å². The summed E-state index contributed by atoms with van der Waals surface area (Å²) in [5.41, 5.74) is 4.38. The summed E-state index contributed by atoms with van der Waals surface area (Å²) < 4.78 is 0. The maximum atomic E-state index is 3.29. The van der Waals surface area contributed by atoms with Gasteiger partial charge in [-0.15, -0.1) is 0 Å². The molecule has 0 amide bonds. The molecule has 20 heavy (non-hydrogen) atoms. The Bertz CT molecular complexity index is 590. The third-order valence-corrected chi connectivity index (χ3v) is 3.10. The van der Waals surface area contributed by atoms with Gasteiger partial charge < -0.3 is 9.80 Å². The third-order valence-electron chi connectivity index (χ3n) is 3.10. The molecule has 0 fully saturated rings. The Morgan fingerprint density at radius 1 is 0.600 bits per heavy atom. The summed E-state index contributed by atoms with van der Waals surface area (Å²) in [6.07, 6.45) is 0. The first kappa shape index (κ1) is 14.0. The molecule has 2 rings (SSSR count). The van der Waals surface area contributed by atoms with Crippen molar-refractivity contribution in [2.24, 2.45) is 0 Å². The van der Waals surface area contributed by atoms with Gasteiger partial charge in [-0.25, -0.2) is 0 Å². The van der Waals surface area contributed by atoms with E-state index in [1.54, 1.807) is 0 Å². The molecule has 0 spiro atoms. The van der Waals surface area contributed by atoms with Crippen LogP contribution in [0.5, 0.6) is 0 Å². The van der Waals surface area contributed by atoms with Crippen molar-refractivity contribution >= 4 is 11.4 Å². The third kappa shape index (κ3) is 3.13. The molecule has 0 unspecified atom stereocenters. The fourth-order valence-corrected chi connectivity index (χ4v) is 2.07. The molecule has 102 valence electrons. The number of para-hydroxylation sites is 2. The maximum Gasteiger partial charge on any atom is 0.0520 e. The first-order chi connectivity index (χ1) is 9.59. The molecule has 0 radical (unpaired) electrons. The van der Waals surface area contributed by atoms with Crippen LogP contribution >= 0.6 is 0 Å². The van der Waals surface area contributed by atoms with Crippen LogP contribution < -0.4 is 9.80 Å². The summed E-state index contributed by atoms with van der Waals surface area (Å²) in [7, 11) is 8.14. The average Bonchev–Trinajstić information content (AvgIpc) is 2.45. The van der Waals surface area contributed by atoms with Crippen LogP contribution in [0.4, 0.5) is 11.4 Å². The number of rotatable bonds is 2. The molecule has 0 atom stereocenters. The predicted octanol–water partition coefficient (Wildman–Crippen LogP) is 3.22. The van der Waals surface area contributed by atoms with Crippen LogP contribution in [0, 0.1) is 11.8 Å². The van der Waals surface area contributed by atoms with Gasteiger partial charge in [0, 0.05) is 39.3 Å². The highest BCUT2D eigenvalue weighted by atomic mass is 15.1. The number of benzene rings is 2. The summed E-state index contributed by atoms with van der Waals surface area (Å²) >= 11 is 0. The fraction of sp³-hybridized carbons (Fsp3) is 0.222. The number of hydrogen-bond donors (Lipinski definition) is 0. The van der Waals surface area contributed by atoms with Crippen molar-refractivity contribution in [2.75, 3.05) is 38.0 Å². The normalized spacial score (nSPS) is 9.60. The zero-order chi connectivity index (χ0) is 14.5. The van der Waals surface area contributed by atoms with Crippen LogP contribution in [0.3, 0.4) is 0 Å². The maximum absolute atomic E-state index is 3.29. The lowest BCUT2D eigenvalue weighted by atomic mass is 10.1. The lowest BCUT2D eigenvalue weighted by Crippen LogP contribution is -2.10. The second-order valence-electron chi connectivity index (χ2n) is 5.07. The van der Waals surface area contributed by atoms with Gasteiger partial charge in [-0.3, -0.25) is 0 Å². The lowest BCUT2D eigenvalue weighted by molar-refractivity contribution is 1.12. The Morgan fingerprint density at radius 3 is 1.30 bits per heavy atom. The van der Waals surface area contributed by atoms with E-state index in [1.807, 2.05) is 52.5 Å². The van der Waals surface area contributed by atoms with Crippen LogP contribution in [0.1, 0.15) is 11.1 Å². The number of nitrogens with zero attached hydrogens (tertiary/aromatic N) is 2. The van der Waals surface area contributed by atoms with Crippen LogP contribution in [-0.4, -0.2) is 28.2 Å². The monoisotopic (exact) mass is 264 g/mol. The molecular weight excluding hydrogens is 244 g/mol. The Balaban J connectivity index is 2.42. The van der Waals surface area contributed by atoms with E-state index in [9.17, 15) is 0 Å². The Labute approximate surface area is 121 Å². The zero-order valence-corrected chi connectivity index (χ0v) is 12.5. The van der Waals surface area contributed by atoms with E-state index >= 15 is 0 Å². The molecule has 2 aromatic carbocycles. The molecule has 0 aliphatic heterocycles. The van der Waals surface area contributed by atoms with Crippen LogP contribution in [-0.2, 0) is 0 Å². The zero-order valence-electron chi connectivity index (χ0n) is 12.5. The molecule has 0 aliphatic rings. The molecule has 0 saturated heterocycles. The van der Waals surface area contributed by atoms with E-state index < -0.39 is 0 Å². The summed E-state index contributed by atoms with van der Waals surface area (Å²) in [4.78, 5) is 4.17. The van der Waals surface area contributed by atoms with Gasteiger partial charge in [-0.2, -0.15) is 0 Å². The molecule has 0 heterocycles. The molecule has 0 N–H and O–H groups in total. The number of hydrogen-bond acceptors (Lipinski definition) is 2. The van der Waals surface area contributed by atoms with Gasteiger partial charge in [-0.05, 0) is 24.3 Å². The lowest BCUT2D eigenvalue weighted by Gasteiger charge is -2.15. The molecule has 0 aliphatic carbocycles. The van der Waals surface area contributed by atoms with E-state index in [0.717, 1.165) is 22.5 Å². The van der Waals surface area contributed by atoms with Crippen LogP contribution in [0.25, 0.3) is 0 Å². The van der Waals surface area contributed by atoms with E-state index in [0.29, 0.717) is 0 Å². The van der Waals surface area contributed by atoms with Crippen molar-refractivity contribution in [1.29, 1.82) is 0 Å². The smallest absolute Gasteiger partial charge is 0.0520 e. The standard InChI is InChI=1S/C18H20N2/c1-19(2)17-11-7-5-9-15(17)13-14-16-10-6-8-12-18(16)20(3)4/h5-12H,1-4H3. The van der Waals surface area contributed by atoms with Crippen molar-refractivity contribution in [3.05, 3.63) is 59.7 Å². The number of anilines is 2. The molecular formula is C18H20N2. The minimum absolute atomic E-state index is 1.05. The van der Waals surface area contributed by atoms with E-state index in [4.69, 9.17) is 0 Å². The van der Waals surface area contributed by atoms with Gasteiger partial charge in [0.05, 0.1) is 11.4 Å². The minimum Gasteiger partial charge on any atom is -0.377 e. The minimum atomic E-state index is 1.05. The molecule has 0 aromatic heterocycles. The van der Waals surface area contributed by atoms with E-state index in [2.05, 4.69) is 45.9 Å². The summed E-state index contributed by atoms with van der Waals surface area (Å²) in [6, 6.07) is 16.4. The second-order valence-corrected chi connectivity index (χ2v) is 5.07. The Kier molecular flexibility index (Phi) is 4.32. The Morgan fingerprint density at radius 2 is 0.950 bits per heavy atom. The van der Waals surface area contributed by atoms with Crippen LogP contribution in [0.2, 0.25) is 0 Å². The first-order valence-corrected chi connectivity index (χ1v) is 6.64. The van der Waals surface area contributed by atoms with Gasteiger partial charge in [0.15, 0.2) is 0 Å². The summed E-state index contributed by atoms with van der Waals surface area (Å²) in [5, 5.41) is 0.